The number of oxime groups is 1. The first-order valence-electron chi connectivity index (χ1n) is 10.8. The summed E-state index contributed by atoms with van der Waals surface area (Å²) >= 11 is 0. The van der Waals surface area contributed by atoms with E-state index in [1.165, 1.54) is 41.7 Å². The monoisotopic (exact) mass is 370 g/mol. The molecule has 3 rings (SSSR count). The first kappa shape index (κ1) is 20.4. The maximum absolute atomic E-state index is 5.77. The van der Waals surface area contributed by atoms with Crippen LogP contribution in [-0.2, 0) is 16.7 Å². The predicted octanol–water partition coefficient (Wildman–Crippen LogP) is 5.56. The molecule has 0 heterocycles. The van der Waals surface area contributed by atoms with Crippen molar-refractivity contribution in [1.82, 2.24) is 0 Å². The molecule has 1 aromatic carbocycles. The Morgan fingerprint density at radius 2 is 1.96 bits per heavy atom. The Balaban J connectivity index is 1.97. The summed E-state index contributed by atoms with van der Waals surface area (Å²) < 4.78 is 0. The van der Waals surface area contributed by atoms with Gasteiger partial charge in [0.05, 0.1) is 5.71 Å². The highest BCUT2D eigenvalue weighted by Gasteiger charge is 2.53. The molecule has 0 spiro atoms. The normalized spacial score (nSPS) is 28.1. The van der Waals surface area contributed by atoms with E-state index in [1.54, 1.807) is 0 Å². The summed E-state index contributed by atoms with van der Waals surface area (Å²) in [6.07, 6.45) is 6.63. The van der Waals surface area contributed by atoms with Crippen LogP contribution in [0.15, 0.2) is 23.4 Å². The molecule has 1 unspecified atom stereocenters. The summed E-state index contributed by atoms with van der Waals surface area (Å²) in [4.78, 5) is 5.77. The standard InChI is InChI=1S/C24H38N2O/c1-17(2)18-8-10-20-19(16-18)9-11-21-23(3,4)13-12-22(24(20,21)5)26-27-15-7-6-14-25/h8,10,16-17,21H,6-7,9,11-15,25H2,1-5H3/t21?,24-/m1/s1. The third-order valence-electron chi connectivity index (χ3n) is 7.17. The van der Waals surface area contributed by atoms with Crippen molar-refractivity contribution >= 4 is 5.71 Å². The summed E-state index contributed by atoms with van der Waals surface area (Å²) in [7, 11) is 0. The number of unbranched alkanes of at least 4 members (excludes halogenated alkanes) is 1. The number of hydrogen-bond acceptors (Lipinski definition) is 3. The van der Waals surface area contributed by atoms with E-state index in [9.17, 15) is 0 Å². The van der Waals surface area contributed by atoms with Gasteiger partial charge in [0, 0.05) is 5.41 Å². The van der Waals surface area contributed by atoms with Crippen molar-refractivity contribution in [2.75, 3.05) is 13.2 Å². The molecule has 1 aromatic rings. The van der Waals surface area contributed by atoms with Crippen molar-refractivity contribution in [3.05, 3.63) is 34.9 Å². The number of nitrogens with two attached hydrogens (primary N) is 1. The number of nitrogens with zero attached hydrogens (tertiary/aromatic N) is 1. The Kier molecular flexibility index (Phi) is 6.00. The van der Waals surface area contributed by atoms with Crippen LogP contribution in [0.4, 0.5) is 0 Å². The van der Waals surface area contributed by atoms with Gasteiger partial charge < -0.3 is 10.6 Å². The minimum absolute atomic E-state index is 0.0152. The van der Waals surface area contributed by atoms with Gasteiger partial charge in [0.25, 0.3) is 0 Å². The molecule has 3 nitrogen and oxygen atoms in total. The van der Waals surface area contributed by atoms with Crippen LogP contribution in [0.25, 0.3) is 0 Å². The molecule has 0 amide bonds. The number of hydrogen-bond donors (Lipinski definition) is 1. The minimum Gasteiger partial charge on any atom is -0.396 e. The first-order valence-corrected chi connectivity index (χ1v) is 10.8. The molecule has 2 aliphatic carbocycles. The fourth-order valence-corrected chi connectivity index (χ4v) is 5.44. The van der Waals surface area contributed by atoms with Gasteiger partial charge in [0.2, 0.25) is 0 Å². The fourth-order valence-electron chi connectivity index (χ4n) is 5.44. The van der Waals surface area contributed by atoms with E-state index in [2.05, 4.69) is 52.8 Å². The zero-order valence-corrected chi connectivity index (χ0v) is 18.0. The van der Waals surface area contributed by atoms with Crippen LogP contribution in [0, 0.1) is 11.3 Å². The molecule has 3 heteroatoms. The van der Waals surface area contributed by atoms with Crippen molar-refractivity contribution in [2.45, 2.75) is 84.5 Å². The van der Waals surface area contributed by atoms with Gasteiger partial charge >= 0.3 is 0 Å². The molecule has 0 radical (unpaired) electrons. The largest absolute Gasteiger partial charge is 0.396 e. The summed E-state index contributed by atoms with van der Waals surface area (Å²) in [5.74, 6) is 1.19. The van der Waals surface area contributed by atoms with E-state index >= 15 is 0 Å². The van der Waals surface area contributed by atoms with Crippen molar-refractivity contribution in [1.29, 1.82) is 0 Å². The summed E-state index contributed by atoms with van der Waals surface area (Å²) in [5, 5.41) is 4.71. The average molecular weight is 371 g/mol. The summed E-state index contributed by atoms with van der Waals surface area (Å²) in [6.45, 7) is 13.3. The molecular formula is C24H38N2O. The van der Waals surface area contributed by atoms with Gasteiger partial charge in [-0.25, -0.2) is 0 Å². The summed E-state index contributed by atoms with van der Waals surface area (Å²) in [6, 6.07) is 7.17. The highest BCUT2D eigenvalue weighted by Crippen LogP contribution is 2.56. The van der Waals surface area contributed by atoms with Crippen LogP contribution in [-0.4, -0.2) is 18.9 Å². The predicted molar refractivity (Wildman–Crippen MR) is 114 cm³/mol. The van der Waals surface area contributed by atoms with E-state index < -0.39 is 0 Å². The van der Waals surface area contributed by atoms with Crippen molar-refractivity contribution in [3.63, 3.8) is 0 Å². The lowest BCUT2D eigenvalue weighted by molar-refractivity contribution is 0.0912. The number of aryl methyl sites for hydroxylation is 1. The van der Waals surface area contributed by atoms with Gasteiger partial charge in [0.1, 0.15) is 6.61 Å². The Labute approximate surface area is 165 Å². The molecule has 0 saturated heterocycles. The number of fused-ring (bicyclic) bond motifs is 3. The molecule has 27 heavy (non-hydrogen) atoms. The Hall–Kier alpha value is -1.35. The second-order valence-electron chi connectivity index (χ2n) is 9.72. The first-order chi connectivity index (χ1) is 12.8. The van der Waals surface area contributed by atoms with Crippen LogP contribution < -0.4 is 5.73 Å². The minimum atomic E-state index is -0.0152. The number of rotatable bonds is 6. The van der Waals surface area contributed by atoms with E-state index in [4.69, 9.17) is 15.7 Å². The highest BCUT2D eigenvalue weighted by atomic mass is 16.6. The van der Waals surface area contributed by atoms with Crippen LogP contribution >= 0.6 is 0 Å². The molecule has 0 aromatic heterocycles. The topological polar surface area (TPSA) is 47.6 Å². The second kappa shape index (κ2) is 7.95. The average Bonchev–Trinajstić information content (AvgIpc) is 2.62. The van der Waals surface area contributed by atoms with E-state index in [1.807, 2.05) is 0 Å². The van der Waals surface area contributed by atoms with Crippen molar-refractivity contribution in [2.24, 2.45) is 22.2 Å². The molecule has 150 valence electrons. The molecule has 0 aliphatic heterocycles. The lowest BCUT2D eigenvalue weighted by Gasteiger charge is -2.54. The zero-order valence-electron chi connectivity index (χ0n) is 18.0. The Bertz CT molecular complexity index is 692. The van der Waals surface area contributed by atoms with Gasteiger partial charge in [-0.2, -0.15) is 0 Å². The maximum atomic E-state index is 5.77. The van der Waals surface area contributed by atoms with E-state index in [0.29, 0.717) is 23.9 Å². The lowest BCUT2D eigenvalue weighted by Crippen LogP contribution is -2.53. The molecule has 2 atom stereocenters. The van der Waals surface area contributed by atoms with Gasteiger partial charge in [-0.05, 0) is 85.9 Å². The van der Waals surface area contributed by atoms with E-state index in [0.717, 1.165) is 25.8 Å². The van der Waals surface area contributed by atoms with Crippen LogP contribution in [0.2, 0.25) is 0 Å². The van der Waals surface area contributed by atoms with Crippen LogP contribution in [0.5, 0.6) is 0 Å². The van der Waals surface area contributed by atoms with Crippen molar-refractivity contribution < 1.29 is 4.84 Å². The van der Waals surface area contributed by atoms with Crippen LogP contribution in [0.1, 0.15) is 89.3 Å². The Morgan fingerprint density at radius 3 is 2.67 bits per heavy atom. The van der Waals surface area contributed by atoms with Crippen LogP contribution in [0.3, 0.4) is 0 Å². The lowest BCUT2D eigenvalue weighted by atomic mass is 9.49. The van der Waals surface area contributed by atoms with Gasteiger partial charge in [0.15, 0.2) is 0 Å². The Morgan fingerprint density at radius 1 is 1.19 bits per heavy atom. The third-order valence-corrected chi connectivity index (χ3v) is 7.17. The molecule has 2 N–H and O–H groups in total. The highest BCUT2D eigenvalue weighted by molar-refractivity contribution is 5.96. The molecule has 1 fully saturated rings. The molecule has 1 saturated carbocycles. The maximum Gasteiger partial charge on any atom is 0.117 e. The van der Waals surface area contributed by atoms with E-state index in [-0.39, 0.29) is 5.41 Å². The quantitative estimate of drug-likeness (QED) is 0.526. The second-order valence-corrected chi connectivity index (χ2v) is 9.72. The smallest absolute Gasteiger partial charge is 0.117 e. The number of benzene rings is 1. The molecular weight excluding hydrogens is 332 g/mol. The SMILES string of the molecule is CC(C)c1ccc2c(c1)CCC1C(C)(C)CCC(=NOCCCCN)[C@]21C. The van der Waals surface area contributed by atoms with Gasteiger partial charge in [-0.15, -0.1) is 0 Å². The third kappa shape index (κ3) is 3.81. The molecule has 0 bridgehead atoms. The molecule has 2 aliphatic rings. The van der Waals surface area contributed by atoms with Gasteiger partial charge in [-0.1, -0.05) is 51.0 Å². The fraction of sp³-hybridized carbons (Fsp3) is 0.708. The summed E-state index contributed by atoms with van der Waals surface area (Å²) in [5.41, 5.74) is 11.6. The van der Waals surface area contributed by atoms with Gasteiger partial charge in [-0.3, -0.25) is 0 Å². The van der Waals surface area contributed by atoms with Crippen molar-refractivity contribution in [3.8, 4) is 0 Å². The zero-order chi connectivity index (χ0) is 19.7.